The van der Waals surface area contributed by atoms with Crippen LogP contribution in [-0.4, -0.2) is 51.4 Å². The zero-order chi connectivity index (χ0) is 29.4. The number of sulfonamides is 1. The Balaban J connectivity index is 2.06. The van der Waals surface area contributed by atoms with E-state index in [0.717, 1.165) is 9.87 Å². The van der Waals surface area contributed by atoms with Gasteiger partial charge in [-0.05, 0) is 55.7 Å². The van der Waals surface area contributed by atoms with Crippen LogP contribution < -0.4 is 14.4 Å². The van der Waals surface area contributed by atoms with E-state index in [9.17, 15) is 18.0 Å². The van der Waals surface area contributed by atoms with Crippen molar-refractivity contribution >= 4 is 39.1 Å². The Bertz CT molecular complexity index is 1430. The highest BCUT2D eigenvalue weighted by Crippen LogP contribution is 2.32. The average Bonchev–Trinajstić information content (AvgIpc) is 2.93. The standard InChI is InChI=1S/C30H36ClN3O5S/c1-21(2)18-32-30(36)23(4)33(19-24-10-6-7-11-26(24)31)29(35)20-34(27-12-8-9-13-28(27)39-5)40(37,38)25-16-14-22(3)15-17-25/h6-17,21,23H,18-20H2,1-5H3,(H,32,36)/t23-/m1/s1. The normalized spacial score (nSPS) is 12.1. The van der Waals surface area contributed by atoms with Gasteiger partial charge in [0, 0.05) is 18.1 Å². The van der Waals surface area contributed by atoms with Crippen molar-refractivity contribution in [3.8, 4) is 5.75 Å². The molecular formula is C30H36ClN3O5S. The zero-order valence-corrected chi connectivity index (χ0v) is 25.0. The van der Waals surface area contributed by atoms with E-state index < -0.39 is 28.5 Å². The minimum atomic E-state index is -4.20. The first-order chi connectivity index (χ1) is 18.9. The van der Waals surface area contributed by atoms with Gasteiger partial charge in [-0.1, -0.05) is 73.5 Å². The van der Waals surface area contributed by atoms with Crippen molar-refractivity contribution < 1.29 is 22.7 Å². The van der Waals surface area contributed by atoms with Gasteiger partial charge in [0.05, 0.1) is 17.7 Å². The SMILES string of the molecule is COc1ccccc1N(CC(=O)N(Cc1ccccc1Cl)[C@H](C)C(=O)NCC(C)C)S(=O)(=O)c1ccc(C)cc1. The van der Waals surface area contributed by atoms with E-state index in [1.54, 1.807) is 67.6 Å². The van der Waals surface area contributed by atoms with Crippen molar-refractivity contribution in [3.63, 3.8) is 0 Å². The van der Waals surface area contributed by atoms with Crippen LogP contribution in [0, 0.1) is 12.8 Å². The molecule has 3 aromatic rings. The molecule has 1 N–H and O–H groups in total. The van der Waals surface area contributed by atoms with Gasteiger partial charge in [0.25, 0.3) is 10.0 Å². The quantitative estimate of drug-likeness (QED) is 0.321. The van der Waals surface area contributed by atoms with Crippen LogP contribution in [0.3, 0.4) is 0 Å². The average molecular weight is 586 g/mol. The Morgan fingerprint density at radius 2 is 1.57 bits per heavy atom. The van der Waals surface area contributed by atoms with Gasteiger partial charge in [0.15, 0.2) is 0 Å². The highest BCUT2D eigenvalue weighted by atomic mass is 35.5. The number of rotatable bonds is 12. The van der Waals surface area contributed by atoms with E-state index in [2.05, 4.69) is 5.32 Å². The van der Waals surface area contributed by atoms with Gasteiger partial charge in [-0.2, -0.15) is 0 Å². The second-order valence-corrected chi connectivity index (χ2v) is 12.2. The fourth-order valence-corrected chi connectivity index (χ4v) is 5.65. The van der Waals surface area contributed by atoms with Crippen LogP contribution in [-0.2, 0) is 26.2 Å². The maximum absolute atomic E-state index is 14.0. The minimum Gasteiger partial charge on any atom is -0.495 e. The Labute approximate surface area is 241 Å². The lowest BCUT2D eigenvalue weighted by atomic mass is 10.1. The van der Waals surface area contributed by atoms with Gasteiger partial charge in [-0.25, -0.2) is 8.42 Å². The second kappa shape index (κ2) is 13.7. The first-order valence-corrected chi connectivity index (χ1v) is 14.8. The lowest BCUT2D eigenvalue weighted by molar-refractivity contribution is -0.139. The number of nitrogens with zero attached hydrogens (tertiary/aromatic N) is 2. The van der Waals surface area contributed by atoms with Gasteiger partial charge < -0.3 is 15.0 Å². The summed E-state index contributed by atoms with van der Waals surface area (Å²) in [7, 11) is -2.77. The van der Waals surface area contributed by atoms with E-state index in [1.807, 2.05) is 20.8 Å². The van der Waals surface area contributed by atoms with Crippen molar-refractivity contribution in [1.29, 1.82) is 0 Å². The van der Waals surface area contributed by atoms with Crippen LogP contribution in [0.5, 0.6) is 5.75 Å². The van der Waals surface area contributed by atoms with E-state index in [0.29, 0.717) is 17.1 Å². The number of hydrogen-bond donors (Lipinski definition) is 1. The molecule has 0 heterocycles. The fourth-order valence-electron chi connectivity index (χ4n) is 4.03. The third-order valence-electron chi connectivity index (χ3n) is 6.39. The van der Waals surface area contributed by atoms with E-state index in [4.69, 9.17) is 16.3 Å². The number of benzene rings is 3. The van der Waals surface area contributed by atoms with Crippen LogP contribution in [0.2, 0.25) is 5.02 Å². The predicted octanol–water partition coefficient (Wildman–Crippen LogP) is 5.04. The molecule has 0 aromatic heterocycles. The highest BCUT2D eigenvalue weighted by Gasteiger charge is 2.34. The first kappa shape index (κ1) is 31.0. The number of nitrogens with one attached hydrogen (secondary N) is 1. The van der Waals surface area contributed by atoms with Crippen LogP contribution >= 0.6 is 11.6 Å². The molecule has 0 saturated heterocycles. The molecule has 0 aliphatic carbocycles. The summed E-state index contributed by atoms with van der Waals surface area (Å²) in [6.45, 7) is 7.30. The van der Waals surface area contributed by atoms with Gasteiger partial charge in [-0.3, -0.25) is 13.9 Å². The third kappa shape index (κ3) is 7.55. The smallest absolute Gasteiger partial charge is 0.264 e. The molecule has 0 aliphatic heterocycles. The van der Waals surface area contributed by atoms with E-state index >= 15 is 0 Å². The Kier molecular flexibility index (Phi) is 10.6. The number of aryl methyl sites for hydroxylation is 1. The lowest BCUT2D eigenvalue weighted by Crippen LogP contribution is -2.51. The fraction of sp³-hybridized carbons (Fsp3) is 0.333. The summed E-state index contributed by atoms with van der Waals surface area (Å²) in [4.78, 5) is 28.5. The molecule has 0 fully saturated rings. The van der Waals surface area contributed by atoms with Gasteiger partial charge in [0.1, 0.15) is 18.3 Å². The van der Waals surface area contributed by atoms with Crippen molar-refractivity contribution in [2.45, 2.75) is 45.2 Å². The first-order valence-electron chi connectivity index (χ1n) is 13.0. The number of hydrogen-bond acceptors (Lipinski definition) is 5. The Morgan fingerprint density at radius 3 is 2.20 bits per heavy atom. The molecule has 0 unspecified atom stereocenters. The van der Waals surface area contributed by atoms with E-state index in [-0.39, 0.29) is 34.7 Å². The number of anilines is 1. The Hall–Kier alpha value is -3.56. The topological polar surface area (TPSA) is 96.0 Å². The van der Waals surface area contributed by atoms with Gasteiger partial charge >= 0.3 is 0 Å². The summed E-state index contributed by atoms with van der Waals surface area (Å²) in [5.74, 6) is -0.427. The lowest BCUT2D eigenvalue weighted by Gasteiger charge is -2.32. The van der Waals surface area contributed by atoms with Crippen LogP contribution in [0.25, 0.3) is 0 Å². The number of para-hydroxylation sites is 2. The monoisotopic (exact) mass is 585 g/mol. The summed E-state index contributed by atoms with van der Waals surface area (Å²) in [6, 6.07) is 19.1. The maximum atomic E-state index is 14.0. The van der Waals surface area contributed by atoms with Gasteiger partial charge in [-0.15, -0.1) is 0 Å². The molecule has 1 atom stereocenters. The number of carbonyl (C=O) groups is 2. The van der Waals surface area contributed by atoms with Crippen LogP contribution in [0.1, 0.15) is 31.9 Å². The van der Waals surface area contributed by atoms with Crippen molar-refractivity contribution in [2.75, 3.05) is 24.5 Å². The van der Waals surface area contributed by atoms with Crippen molar-refractivity contribution in [1.82, 2.24) is 10.2 Å². The van der Waals surface area contributed by atoms with Crippen LogP contribution in [0.4, 0.5) is 5.69 Å². The summed E-state index contributed by atoms with van der Waals surface area (Å²) in [5, 5.41) is 3.30. The molecular weight excluding hydrogens is 550 g/mol. The largest absolute Gasteiger partial charge is 0.495 e. The van der Waals surface area contributed by atoms with Crippen molar-refractivity contribution in [2.24, 2.45) is 5.92 Å². The zero-order valence-electron chi connectivity index (χ0n) is 23.4. The van der Waals surface area contributed by atoms with Crippen LogP contribution in [0.15, 0.2) is 77.7 Å². The molecule has 0 bridgehead atoms. The summed E-state index contributed by atoms with van der Waals surface area (Å²) in [5.41, 5.74) is 1.73. The molecule has 2 amide bonds. The molecule has 8 nitrogen and oxygen atoms in total. The summed E-state index contributed by atoms with van der Waals surface area (Å²) in [6.07, 6.45) is 0. The summed E-state index contributed by atoms with van der Waals surface area (Å²) < 4.78 is 34.4. The molecule has 3 rings (SSSR count). The molecule has 0 aliphatic rings. The van der Waals surface area contributed by atoms with Gasteiger partial charge in [0.2, 0.25) is 11.8 Å². The molecule has 214 valence electrons. The minimum absolute atomic E-state index is 0.0130. The third-order valence-corrected chi connectivity index (χ3v) is 8.53. The number of ether oxygens (including phenoxy) is 1. The number of halogens is 1. The highest BCUT2D eigenvalue weighted by molar-refractivity contribution is 7.92. The Morgan fingerprint density at radius 1 is 0.950 bits per heavy atom. The molecule has 40 heavy (non-hydrogen) atoms. The number of carbonyl (C=O) groups excluding carboxylic acids is 2. The predicted molar refractivity (Wildman–Crippen MR) is 158 cm³/mol. The molecule has 0 spiro atoms. The molecule has 3 aromatic carbocycles. The van der Waals surface area contributed by atoms with E-state index in [1.165, 1.54) is 24.1 Å². The molecule has 10 heteroatoms. The maximum Gasteiger partial charge on any atom is 0.264 e. The molecule has 0 saturated carbocycles. The second-order valence-electron chi connectivity index (χ2n) is 9.92. The van der Waals surface area contributed by atoms with Crippen molar-refractivity contribution in [3.05, 3.63) is 88.9 Å². The molecule has 0 radical (unpaired) electrons. The number of amides is 2. The number of methoxy groups -OCH3 is 1. The summed E-state index contributed by atoms with van der Waals surface area (Å²) >= 11 is 6.41.